The molecule has 16 heavy (non-hydrogen) atoms. The standard InChI is InChI=1S/C12H21N3O/c1-10-12(9-15(2)14-10)13-7-3-5-11-6-4-8-16-11/h9,11,13H,3-8H2,1-2H3. The van der Waals surface area contributed by atoms with Gasteiger partial charge in [0.1, 0.15) is 0 Å². The molecule has 1 saturated heterocycles. The van der Waals surface area contributed by atoms with E-state index in [4.69, 9.17) is 4.74 Å². The molecule has 0 amide bonds. The summed E-state index contributed by atoms with van der Waals surface area (Å²) in [4.78, 5) is 0. The third-order valence-electron chi connectivity index (χ3n) is 3.06. The number of aryl methyl sites for hydroxylation is 2. The lowest BCUT2D eigenvalue weighted by molar-refractivity contribution is 0.103. The predicted octanol–water partition coefficient (Wildman–Crippen LogP) is 2.10. The van der Waals surface area contributed by atoms with Crippen LogP contribution in [0.4, 0.5) is 5.69 Å². The first-order chi connectivity index (χ1) is 7.75. The summed E-state index contributed by atoms with van der Waals surface area (Å²) in [6, 6.07) is 0. The van der Waals surface area contributed by atoms with Gasteiger partial charge < -0.3 is 10.1 Å². The van der Waals surface area contributed by atoms with Crippen molar-refractivity contribution in [3.8, 4) is 0 Å². The van der Waals surface area contributed by atoms with Crippen molar-refractivity contribution in [1.82, 2.24) is 9.78 Å². The van der Waals surface area contributed by atoms with Gasteiger partial charge in [0.25, 0.3) is 0 Å². The Bertz CT molecular complexity index is 329. The van der Waals surface area contributed by atoms with E-state index < -0.39 is 0 Å². The Labute approximate surface area is 97.0 Å². The second-order valence-electron chi connectivity index (χ2n) is 4.51. The van der Waals surface area contributed by atoms with Crippen molar-refractivity contribution < 1.29 is 4.74 Å². The smallest absolute Gasteiger partial charge is 0.0824 e. The van der Waals surface area contributed by atoms with Gasteiger partial charge in [-0.15, -0.1) is 0 Å². The second-order valence-corrected chi connectivity index (χ2v) is 4.51. The van der Waals surface area contributed by atoms with Crippen LogP contribution >= 0.6 is 0 Å². The molecule has 1 N–H and O–H groups in total. The summed E-state index contributed by atoms with van der Waals surface area (Å²) >= 11 is 0. The van der Waals surface area contributed by atoms with Crippen LogP contribution in [-0.2, 0) is 11.8 Å². The van der Waals surface area contributed by atoms with Crippen molar-refractivity contribution in [3.05, 3.63) is 11.9 Å². The van der Waals surface area contributed by atoms with Crippen LogP contribution in [0.5, 0.6) is 0 Å². The van der Waals surface area contributed by atoms with Crippen molar-refractivity contribution in [2.24, 2.45) is 7.05 Å². The van der Waals surface area contributed by atoms with Crippen molar-refractivity contribution in [2.75, 3.05) is 18.5 Å². The number of aromatic nitrogens is 2. The van der Waals surface area contributed by atoms with E-state index in [0.717, 1.165) is 24.5 Å². The largest absolute Gasteiger partial charge is 0.382 e. The Balaban J connectivity index is 1.65. The molecule has 1 fully saturated rings. The van der Waals surface area contributed by atoms with Crippen molar-refractivity contribution in [1.29, 1.82) is 0 Å². The number of hydrogen-bond acceptors (Lipinski definition) is 3. The first kappa shape index (κ1) is 11.5. The molecule has 4 heteroatoms. The van der Waals surface area contributed by atoms with Gasteiger partial charge >= 0.3 is 0 Å². The highest BCUT2D eigenvalue weighted by atomic mass is 16.5. The monoisotopic (exact) mass is 223 g/mol. The molecule has 2 heterocycles. The minimum Gasteiger partial charge on any atom is -0.382 e. The summed E-state index contributed by atoms with van der Waals surface area (Å²) in [6.45, 7) is 3.99. The van der Waals surface area contributed by atoms with E-state index in [2.05, 4.69) is 10.4 Å². The Hall–Kier alpha value is -1.03. The molecule has 0 aliphatic carbocycles. The molecule has 1 aromatic heterocycles. The average Bonchev–Trinajstić information content (AvgIpc) is 2.84. The lowest BCUT2D eigenvalue weighted by Crippen LogP contribution is -2.09. The number of rotatable bonds is 5. The van der Waals surface area contributed by atoms with Gasteiger partial charge in [0.05, 0.1) is 17.5 Å². The highest BCUT2D eigenvalue weighted by molar-refractivity contribution is 5.45. The molecule has 0 spiro atoms. The SMILES string of the molecule is Cc1nn(C)cc1NCCCC1CCCO1. The van der Waals surface area contributed by atoms with Gasteiger partial charge in [-0.25, -0.2) is 0 Å². The van der Waals surface area contributed by atoms with Crippen LogP contribution in [0, 0.1) is 6.92 Å². The van der Waals surface area contributed by atoms with Gasteiger partial charge in [-0.2, -0.15) is 5.10 Å². The maximum absolute atomic E-state index is 5.59. The normalized spacial score (nSPS) is 20.2. The molecular formula is C12H21N3O. The maximum Gasteiger partial charge on any atom is 0.0824 e. The van der Waals surface area contributed by atoms with Gasteiger partial charge in [0, 0.05) is 26.4 Å². The summed E-state index contributed by atoms with van der Waals surface area (Å²) in [5, 5.41) is 7.72. The molecule has 0 bridgehead atoms. The predicted molar refractivity (Wildman–Crippen MR) is 64.6 cm³/mol. The van der Waals surface area contributed by atoms with Crippen LogP contribution in [0.2, 0.25) is 0 Å². The van der Waals surface area contributed by atoms with Crippen molar-refractivity contribution in [2.45, 2.75) is 38.7 Å². The van der Waals surface area contributed by atoms with Crippen LogP contribution in [-0.4, -0.2) is 29.0 Å². The average molecular weight is 223 g/mol. The molecule has 0 aromatic carbocycles. The van der Waals surface area contributed by atoms with Crippen LogP contribution in [0.3, 0.4) is 0 Å². The lowest BCUT2D eigenvalue weighted by atomic mass is 10.1. The number of nitrogens with zero attached hydrogens (tertiary/aromatic N) is 2. The molecule has 90 valence electrons. The molecule has 0 radical (unpaired) electrons. The molecule has 1 aliphatic heterocycles. The van der Waals surface area contributed by atoms with Crippen LogP contribution in [0.15, 0.2) is 6.20 Å². The minimum atomic E-state index is 0.511. The molecule has 4 nitrogen and oxygen atoms in total. The molecular weight excluding hydrogens is 202 g/mol. The highest BCUT2D eigenvalue weighted by Crippen LogP contribution is 2.17. The first-order valence-corrected chi connectivity index (χ1v) is 6.11. The summed E-state index contributed by atoms with van der Waals surface area (Å²) in [6.07, 6.45) is 7.36. The van der Waals surface area contributed by atoms with Crippen molar-refractivity contribution in [3.63, 3.8) is 0 Å². The van der Waals surface area contributed by atoms with Crippen LogP contribution in [0.1, 0.15) is 31.4 Å². The second kappa shape index (κ2) is 5.34. The molecule has 1 atom stereocenters. The fourth-order valence-electron chi connectivity index (χ4n) is 2.20. The van der Waals surface area contributed by atoms with Crippen molar-refractivity contribution >= 4 is 5.69 Å². The fourth-order valence-corrected chi connectivity index (χ4v) is 2.20. The molecule has 2 rings (SSSR count). The zero-order valence-corrected chi connectivity index (χ0v) is 10.2. The minimum absolute atomic E-state index is 0.511. The van der Waals surface area contributed by atoms with Gasteiger partial charge in [0.2, 0.25) is 0 Å². The van der Waals surface area contributed by atoms with E-state index in [-0.39, 0.29) is 0 Å². The summed E-state index contributed by atoms with van der Waals surface area (Å²) in [7, 11) is 1.95. The third-order valence-corrected chi connectivity index (χ3v) is 3.06. The maximum atomic E-state index is 5.59. The Morgan fingerprint density at radius 1 is 1.62 bits per heavy atom. The van der Waals surface area contributed by atoms with E-state index in [0.29, 0.717) is 6.10 Å². The molecule has 0 saturated carbocycles. The molecule has 1 aromatic rings. The van der Waals surface area contributed by atoms with Gasteiger partial charge in [0.15, 0.2) is 0 Å². The summed E-state index contributed by atoms with van der Waals surface area (Å²) in [5.74, 6) is 0. The highest BCUT2D eigenvalue weighted by Gasteiger charge is 2.14. The van der Waals surface area contributed by atoms with E-state index in [9.17, 15) is 0 Å². The van der Waals surface area contributed by atoms with E-state index in [1.165, 1.54) is 25.7 Å². The zero-order chi connectivity index (χ0) is 11.4. The fraction of sp³-hybridized carbons (Fsp3) is 0.750. The summed E-state index contributed by atoms with van der Waals surface area (Å²) < 4.78 is 7.43. The molecule has 1 aliphatic rings. The van der Waals surface area contributed by atoms with E-state index >= 15 is 0 Å². The number of anilines is 1. The lowest BCUT2D eigenvalue weighted by Gasteiger charge is -2.09. The number of hydrogen-bond donors (Lipinski definition) is 1. The number of ether oxygens (including phenoxy) is 1. The topological polar surface area (TPSA) is 39.1 Å². The number of nitrogens with one attached hydrogen (secondary N) is 1. The zero-order valence-electron chi connectivity index (χ0n) is 10.2. The summed E-state index contributed by atoms with van der Waals surface area (Å²) in [5.41, 5.74) is 2.22. The Morgan fingerprint density at radius 3 is 3.12 bits per heavy atom. The molecule has 1 unspecified atom stereocenters. The van der Waals surface area contributed by atoms with Crippen LogP contribution < -0.4 is 5.32 Å². The first-order valence-electron chi connectivity index (χ1n) is 6.11. The van der Waals surface area contributed by atoms with Gasteiger partial charge in [-0.3, -0.25) is 4.68 Å². The Kier molecular flexibility index (Phi) is 3.83. The van der Waals surface area contributed by atoms with Gasteiger partial charge in [-0.05, 0) is 32.6 Å². The van der Waals surface area contributed by atoms with E-state index in [1.54, 1.807) is 0 Å². The Morgan fingerprint density at radius 2 is 2.50 bits per heavy atom. The third kappa shape index (κ3) is 2.98. The quantitative estimate of drug-likeness (QED) is 0.777. The van der Waals surface area contributed by atoms with Crippen LogP contribution in [0.25, 0.3) is 0 Å². The van der Waals surface area contributed by atoms with E-state index in [1.807, 2.05) is 24.9 Å². The van der Waals surface area contributed by atoms with Gasteiger partial charge in [-0.1, -0.05) is 0 Å².